The second-order valence-corrected chi connectivity index (χ2v) is 8.00. The van der Waals surface area contributed by atoms with Gasteiger partial charge in [0.1, 0.15) is 5.82 Å². The van der Waals surface area contributed by atoms with Crippen LogP contribution in [0.1, 0.15) is 38.1 Å². The van der Waals surface area contributed by atoms with Crippen LogP contribution in [0.3, 0.4) is 0 Å². The number of H-pyrrole nitrogens is 1. The average molecular weight is 412 g/mol. The molecule has 1 saturated heterocycles. The third-order valence-electron chi connectivity index (χ3n) is 5.94. The van der Waals surface area contributed by atoms with E-state index >= 15 is 0 Å². The molecule has 1 aliphatic heterocycles. The average Bonchev–Trinajstić information content (AvgIpc) is 3.06. The van der Waals surface area contributed by atoms with Gasteiger partial charge >= 0.3 is 6.09 Å². The standard InChI is InChI=1S/C22H25FN4O3/c1-4-30-21(29)26-11-9-22(3,10-12-26)17-13-18(28)27-20(24-17)19(14(2)25-27)15-5-7-16(23)8-6-15/h5-8,13,25H,4,9-12H2,1-3H3. The summed E-state index contributed by atoms with van der Waals surface area (Å²) in [5.74, 6) is -0.317. The molecule has 2 aromatic heterocycles. The number of hydrogen-bond donors (Lipinski definition) is 1. The van der Waals surface area contributed by atoms with E-state index in [1.807, 2.05) is 6.92 Å². The third kappa shape index (κ3) is 3.46. The molecule has 158 valence electrons. The van der Waals surface area contributed by atoms with Gasteiger partial charge in [0.05, 0.1) is 12.3 Å². The third-order valence-corrected chi connectivity index (χ3v) is 5.94. The summed E-state index contributed by atoms with van der Waals surface area (Å²) in [4.78, 5) is 31.4. The molecule has 7 nitrogen and oxygen atoms in total. The van der Waals surface area contributed by atoms with Crippen LogP contribution >= 0.6 is 0 Å². The summed E-state index contributed by atoms with van der Waals surface area (Å²) in [6.45, 7) is 7.17. The molecule has 1 amide bonds. The van der Waals surface area contributed by atoms with Crippen molar-refractivity contribution in [2.24, 2.45) is 0 Å². The second kappa shape index (κ2) is 7.59. The lowest BCUT2D eigenvalue weighted by molar-refractivity contribution is 0.0879. The Balaban J connectivity index is 1.72. The van der Waals surface area contributed by atoms with Crippen molar-refractivity contribution in [1.82, 2.24) is 19.5 Å². The number of aryl methyl sites for hydroxylation is 1. The Bertz CT molecular complexity index is 1140. The van der Waals surface area contributed by atoms with Crippen LogP contribution in [0.4, 0.5) is 9.18 Å². The maximum atomic E-state index is 13.4. The van der Waals surface area contributed by atoms with Gasteiger partial charge in [-0.15, -0.1) is 0 Å². The highest BCUT2D eigenvalue weighted by Gasteiger charge is 2.36. The molecule has 0 atom stereocenters. The van der Waals surface area contributed by atoms with Crippen LogP contribution in [-0.2, 0) is 10.2 Å². The van der Waals surface area contributed by atoms with Gasteiger partial charge in [-0.05, 0) is 44.4 Å². The number of nitrogens with one attached hydrogen (secondary N) is 1. The van der Waals surface area contributed by atoms with E-state index in [-0.39, 0.29) is 22.9 Å². The largest absolute Gasteiger partial charge is 0.450 e. The van der Waals surface area contributed by atoms with E-state index in [0.717, 1.165) is 16.8 Å². The number of likely N-dealkylation sites (tertiary alicyclic amines) is 1. The molecule has 8 heteroatoms. The zero-order valence-corrected chi connectivity index (χ0v) is 17.4. The monoisotopic (exact) mass is 412 g/mol. The van der Waals surface area contributed by atoms with E-state index in [0.29, 0.717) is 43.9 Å². The van der Waals surface area contributed by atoms with E-state index in [1.165, 1.54) is 16.6 Å². The number of aromatic nitrogens is 3. The predicted molar refractivity (Wildman–Crippen MR) is 111 cm³/mol. The normalized spacial score (nSPS) is 16.1. The minimum absolute atomic E-state index is 0.194. The van der Waals surface area contributed by atoms with Gasteiger partial charge in [0.2, 0.25) is 0 Å². The topological polar surface area (TPSA) is 79.7 Å². The fourth-order valence-corrected chi connectivity index (χ4v) is 4.07. The Morgan fingerprint density at radius 3 is 2.57 bits per heavy atom. The van der Waals surface area contributed by atoms with E-state index in [9.17, 15) is 14.0 Å². The Kier molecular flexibility index (Phi) is 5.09. The highest BCUT2D eigenvalue weighted by molar-refractivity contribution is 5.79. The van der Waals surface area contributed by atoms with Crippen LogP contribution in [0.2, 0.25) is 0 Å². The summed E-state index contributed by atoms with van der Waals surface area (Å²) in [6.07, 6.45) is 1.07. The van der Waals surface area contributed by atoms with Crippen molar-refractivity contribution < 1.29 is 13.9 Å². The number of carbonyl (C=O) groups is 1. The highest BCUT2D eigenvalue weighted by atomic mass is 19.1. The first-order valence-electron chi connectivity index (χ1n) is 10.1. The van der Waals surface area contributed by atoms with Gasteiger partial charge in [-0.1, -0.05) is 19.1 Å². The number of piperidine rings is 1. The van der Waals surface area contributed by atoms with Crippen LogP contribution in [0, 0.1) is 12.7 Å². The fourth-order valence-electron chi connectivity index (χ4n) is 4.07. The molecular formula is C22H25FN4O3. The number of nitrogens with zero attached hydrogens (tertiary/aromatic N) is 3. The summed E-state index contributed by atoms with van der Waals surface area (Å²) in [6, 6.07) is 7.73. The predicted octanol–water partition coefficient (Wildman–Crippen LogP) is 3.65. The molecule has 3 aromatic rings. The summed E-state index contributed by atoms with van der Waals surface area (Å²) in [5, 5.41) is 3.07. The van der Waals surface area contributed by atoms with Gasteiger partial charge in [0.15, 0.2) is 5.65 Å². The molecule has 0 bridgehead atoms. The second-order valence-electron chi connectivity index (χ2n) is 8.00. The van der Waals surface area contributed by atoms with Crippen LogP contribution in [0.15, 0.2) is 35.1 Å². The molecule has 0 radical (unpaired) electrons. The van der Waals surface area contributed by atoms with Gasteiger partial charge in [-0.25, -0.2) is 18.7 Å². The van der Waals surface area contributed by atoms with Gasteiger partial charge in [0, 0.05) is 35.8 Å². The lowest BCUT2D eigenvalue weighted by atomic mass is 9.77. The zero-order valence-electron chi connectivity index (χ0n) is 17.4. The number of halogens is 1. The molecule has 0 unspecified atom stereocenters. The van der Waals surface area contributed by atoms with Crippen molar-refractivity contribution in [3.63, 3.8) is 0 Å². The SMILES string of the molecule is CCOC(=O)N1CCC(C)(c2cc(=O)n3[nH]c(C)c(-c4ccc(F)cc4)c3n2)CC1. The first-order chi connectivity index (χ1) is 14.3. The van der Waals surface area contributed by atoms with Crippen molar-refractivity contribution in [3.8, 4) is 11.1 Å². The molecule has 0 aliphatic carbocycles. The molecule has 1 aromatic carbocycles. The number of ether oxygens (including phenoxy) is 1. The van der Waals surface area contributed by atoms with Crippen molar-refractivity contribution in [1.29, 1.82) is 0 Å². The van der Waals surface area contributed by atoms with Crippen LogP contribution < -0.4 is 5.56 Å². The molecule has 4 rings (SSSR count). The lowest BCUT2D eigenvalue weighted by Gasteiger charge is -2.38. The smallest absolute Gasteiger partial charge is 0.409 e. The Morgan fingerprint density at radius 1 is 1.27 bits per heavy atom. The van der Waals surface area contributed by atoms with Gasteiger partial charge in [-0.2, -0.15) is 0 Å². The van der Waals surface area contributed by atoms with Crippen molar-refractivity contribution in [3.05, 3.63) is 57.9 Å². The van der Waals surface area contributed by atoms with Gasteiger partial charge in [0.25, 0.3) is 5.56 Å². The molecule has 1 aliphatic rings. The van der Waals surface area contributed by atoms with E-state index in [4.69, 9.17) is 9.72 Å². The van der Waals surface area contributed by atoms with Crippen LogP contribution in [-0.4, -0.2) is 45.3 Å². The number of fused-ring (bicyclic) bond motifs is 1. The molecule has 0 saturated carbocycles. The first kappa shape index (κ1) is 20.1. The number of hydrogen-bond acceptors (Lipinski definition) is 4. The zero-order chi connectivity index (χ0) is 21.5. The number of aromatic amines is 1. The number of benzene rings is 1. The Morgan fingerprint density at radius 2 is 1.93 bits per heavy atom. The summed E-state index contributed by atoms with van der Waals surface area (Å²) in [5.41, 5.74) is 3.06. The van der Waals surface area contributed by atoms with E-state index in [2.05, 4.69) is 12.0 Å². The Hall–Kier alpha value is -3.16. The Labute approximate surface area is 173 Å². The summed E-state index contributed by atoms with van der Waals surface area (Å²) in [7, 11) is 0. The minimum Gasteiger partial charge on any atom is -0.450 e. The summed E-state index contributed by atoms with van der Waals surface area (Å²) >= 11 is 0. The van der Waals surface area contributed by atoms with Crippen molar-refractivity contribution >= 4 is 11.7 Å². The van der Waals surface area contributed by atoms with Gasteiger partial charge in [-0.3, -0.25) is 9.89 Å². The molecular weight excluding hydrogens is 387 g/mol. The molecule has 30 heavy (non-hydrogen) atoms. The first-order valence-corrected chi connectivity index (χ1v) is 10.1. The number of amides is 1. The van der Waals surface area contributed by atoms with Crippen molar-refractivity contribution in [2.45, 2.75) is 39.0 Å². The maximum absolute atomic E-state index is 13.4. The van der Waals surface area contributed by atoms with Gasteiger partial charge < -0.3 is 9.64 Å². The van der Waals surface area contributed by atoms with E-state index in [1.54, 1.807) is 30.0 Å². The molecule has 1 N–H and O–H groups in total. The number of carbonyl (C=O) groups excluding carboxylic acids is 1. The number of rotatable bonds is 3. The molecule has 1 fully saturated rings. The highest BCUT2D eigenvalue weighted by Crippen LogP contribution is 2.35. The minimum atomic E-state index is -0.331. The lowest BCUT2D eigenvalue weighted by Crippen LogP contribution is -2.44. The van der Waals surface area contributed by atoms with Crippen molar-refractivity contribution in [2.75, 3.05) is 19.7 Å². The summed E-state index contributed by atoms with van der Waals surface area (Å²) < 4.78 is 19.9. The quantitative estimate of drug-likeness (QED) is 0.712. The molecule has 3 heterocycles. The molecule has 0 spiro atoms. The van der Waals surface area contributed by atoms with Crippen LogP contribution in [0.25, 0.3) is 16.8 Å². The maximum Gasteiger partial charge on any atom is 0.409 e. The van der Waals surface area contributed by atoms with E-state index < -0.39 is 0 Å². The fraction of sp³-hybridized carbons (Fsp3) is 0.409. The van der Waals surface area contributed by atoms with Crippen LogP contribution in [0.5, 0.6) is 0 Å².